The molecule has 1 fully saturated rings. The molecule has 2 aromatic rings. The Morgan fingerprint density at radius 2 is 1.90 bits per heavy atom. The quantitative estimate of drug-likeness (QED) is 0.533. The maximum absolute atomic E-state index is 13.5. The SMILES string of the molecule is CC(=O)Nc1cccc(C(=O)NC(=NC[C@H]2CCCO2)Nc2cccc(F)c2)c1. The van der Waals surface area contributed by atoms with E-state index in [1.165, 1.54) is 19.1 Å². The number of hydrogen-bond donors (Lipinski definition) is 3. The maximum Gasteiger partial charge on any atom is 0.258 e. The number of aliphatic imine (C=N–C) groups is 1. The number of amides is 2. The number of nitrogens with one attached hydrogen (secondary N) is 3. The van der Waals surface area contributed by atoms with Crippen molar-refractivity contribution in [2.75, 3.05) is 23.8 Å². The van der Waals surface area contributed by atoms with Gasteiger partial charge in [-0.2, -0.15) is 0 Å². The lowest BCUT2D eigenvalue weighted by molar-refractivity contribution is -0.114. The molecule has 0 aliphatic carbocycles. The minimum absolute atomic E-state index is 0.000643. The van der Waals surface area contributed by atoms with E-state index < -0.39 is 11.7 Å². The number of guanidine groups is 1. The van der Waals surface area contributed by atoms with Crippen molar-refractivity contribution in [3.05, 3.63) is 59.9 Å². The summed E-state index contributed by atoms with van der Waals surface area (Å²) >= 11 is 0. The van der Waals surface area contributed by atoms with Crippen LogP contribution in [0.1, 0.15) is 30.1 Å². The van der Waals surface area contributed by atoms with Crippen LogP contribution in [0.5, 0.6) is 0 Å². The van der Waals surface area contributed by atoms with Crippen molar-refractivity contribution < 1.29 is 18.7 Å². The summed E-state index contributed by atoms with van der Waals surface area (Å²) in [6.45, 7) is 2.48. The van der Waals surface area contributed by atoms with Crippen LogP contribution in [0.2, 0.25) is 0 Å². The van der Waals surface area contributed by atoms with Gasteiger partial charge in [-0.1, -0.05) is 12.1 Å². The van der Waals surface area contributed by atoms with Crippen molar-refractivity contribution in [3.63, 3.8) is 0 Å². The lowest BCUT2D eigenvalue weighted by atomic mass is 10.2. The molecule has 0 unspecified atom stereocenters. The number of halogens is 1. The molecule has 8 heteroatoms. The van der Waals surface area contributed by atoms with E-state index in [-0.39, 0.29) is 18.0 Å². The molecule has 2 aromatic carbocycles. The highest BCUT2D eigenvalue weighted by molar-refractivity contribution is 6.10. The van der Waals surface area contributed by atoms with Crippen LogP contribution in [-0.4, -0.2) is 37.0 Å². The summed E-state index contributed by atoms with van der Waals surface area (Å²) in [4.78, 5) is 28.4. The van der Waals surface area contributed by atoms with Gasteiger partial charge in [-0.15, -0.1) is 0 Å². The largest absolute Gasteiger partial charge is 0.376 e. The molecule has 29 heavy (non-hydrogen) atoms. The number of carbonyl (C=O) groups excluding carboxylic acids is 2. The molecule has 152 valence electrons. The highest BCUT2D eigenvalue weighted by atomic mass is 19.1. The first-order valence-electron chi connectivity index (χ1n) is 9.37. The fourth-order valence-corrected chi connectivity index (χ4v) is 2.92. The Hall–Kier alpha value is -3.26. The lowest BCUT2D eigenvalue weighted by Gasteiger charge is -2.14. The van der Waals surface area contributed by atoms with Gasteiger partial charge in [0.25, 0.3) is 5.91 Å². The van der Waals surface area contributed by atoms with Crippen molar-refractivity contribution in [1.82, 2.24) is 5.32 Å². The van der Waals surface area contributed by atoms with Crippen molar-refractivity contribution in [2.45, 2.75) is 25.9 Å². The van der Waals surface area contributed by atoms with Crippen LogP contribution < -0.4 is 16.0 Å². The van der Waals surface area contributed by atoms with E-state index in [1.54, 1.807) is 36.4 Å². The van der Waals surface area contributed by atoms with Gasteiger partial charge in [-0.05, 0) is 49.2 Å². The van der Waals surface area contributed by atoms with E-state index >= 15 is 0 Å². The molecule has 1 atom stereocenters. The number of carbonyl (C=O) groups is 2. The number of nitrogens with zero attached hydrogens (tertiary/aromatic N) is 1. The second kappa shape index (κ2) is 9.79. The molecule has 0 spiro atoms. The van der Waals surface area contributed by atoms with E-state index in [4.69, 9.17) is 4.74 Å². The fourth-order valence-electron chi connectivity index (χ4n) is 2.92. The molecule has 2 amide bonds. The number of ether oxygens (including phenoxy) is 1. The monoisotopic (exact) mass is 398 g/mol. The summed E-state index contributed by atoms with van der Waals surface area (Å²) in [5.74, 6) is -0.842. The molecule has 0 saturated carbocycles. The van der Waals surface area contributed by atoms with Crippen molar-refractivity contribution in [3.8, 4) is 0 Å². The van der Waals surface area contributed by atoms with Crippen LogP contribution in [0.3, 0.4) is 0 Å². The summed E-state index contributed by atoms with van der Waals surface area (Å²) < 4.78 is 19.1. The third kappa shape index (κ3) is 6.39. The Morgan fingerprint density at radius 3 is 2.59 bits per heavy atom. The summed E-state index contributed by atoms with van der Waals surface area (Å²) in [7, 11) is 0. The van der Waals surface area contributed by atoms with Gasteiger partial charge >= 0.3 is 0 Å². The second-order valence-electron chi connectivity index (χ2n) is 6.68. The Kier molecular flexibility index (Phi) is 6.91. The van der Waals surface area contributed by atoms with Gasteiger partial charge in [-0.3, -0.25) is 14.9 Å². The molecule has 0 bridgehead atoms. The average molecular weight is 398 g/mol. The molecular formula is C21H23FN4O3. The first-order chi connectivity index (χ1) is 14.0. The van der Waals surface area contributed by atoms with Gasteiger partial charge in [0.2, 0.25) is 11.9 Å². The van der Waals surface area contributed by atoms with Gasteiger partial charge in [0.1, 0.15) is 5.82 Å². The third-order valence-electron chi connectivity index (χ3n) is 4.24. The zero-order valence-electron chi connectivity index (χ0n) is 16.1. The standard InChI is InChI=1S/C21H23FN4O3/c1-14(27)24-17-7-2-5-15(11-17)20(28)26-21(23-13-19-9-4-10-29-19)25-18-8-3-6-16(22)12-18/h2-3,5-8,11-12,19H,4,9-10,13H2,1H3,(H,24,27)(H2,23,25,26,28)/t19-/m1/s1. The van der Waals surface area contributed by atoms with E-state index in [0.29, 0.717) is 30.1 Å². The predicted molar refractivity (Wildman–Crippen MR) is 110 cm³/mol. The van der Waals surface area contributed by atoms with Crippen molar-refractivity contribution >= 4 is 29.1 Å². The number of anilines is 2. The first kappa shape index (κ1) is 20.5. The summed E-state index contributed by atoms with van der Waals surface area (Å²) in [6.07, 6.45) is 1.89. The predicted octanol–water partition coefficient (Wildman–Crippen LogP) is 3.16. The van der Waals surface area contributed by atoms with Gasteiger partial charge in [0, 0.05) is 30.5 Å². The molecular weight excluding hydrogens is 375 g/mol. The number of hydrogen-bond acceptors (Lipinski definition) is 4. The van der Waals surface area contributed by atoms with Crippen molar-refractivity contribution in [2.24, 2.45) is 4.99 Å². The molecule has 1 aliphatic heterocycles. The molecule has 0 radical (unpaired) electrons. The van der Waals surface area contributed by atoms with Crippen LogP contribution in [0.4, 0.5) is 15.8 Å². The molecule has 3 N–H and O–H groups in total. The summed E-state index contributed by atoms with van der Waals surface area (Å²) in [5, 5.41) is 8.30. The zero-order chi connectivity index (χ0) is 20.6. The van der Waals surface area contributed by atoms with E-state index in [1.807, 2.05) is 0 Å². The first-order valence-corrected chi connectivity index (χ1v) is 9.37. The minimum Gasteiger partial charge on any atom is -0.376 e. The normalized spacial score (nSPS) is 16.3. The van der Waals surface area contributed by atoms with Crippen molar-refractivity contribution in [1.29, 1.82) is 0 Å². The van der Waals surface area contributed by atoms with E-state index in [2.05, 4.69) is 20.9 Å². The van der Waals surface area contributed by atoms with Gasteiger partial charge in [0.15, 0.2) is 0 Å². The number of rotatable bonds is 5. The second-order valence-corrected chi connectivity index (χ2v) is 6.68. The summed E-state index contributed by atoms with van der Waals surface area (Å²) in [6, 6.07) is 12.4. The Balaban J connectivity index is 1.75. The molecule has 0 aromatic heterocycles. The Bertz CT molecular complexity index is 910. The zero-order valence-corrected chi connectivity index (χ0v) is 16.1. The van der Waals surface area contributed by atoms with Crippen LogP contribution in [0.25, 0.3) is 0 Å². The fraction of sp³-hybridized carbons (Fsp3) is 0.286. The van der Waals surface area contributed by atoms with E-state index in [0.717, 1.165) is 12.8 Å². The topological polar surface area (TPSA) is 91.8 Å². The Morgan fingerprint density at radius 1 is 1.14 bits per heavy atom. The molecule has 1 heterocycles. The average Bonchev–Trinajstić information content (AvgIpc) is 3.19. The smallest absolute Gasteiger partial charge is 0.258 e. The lowest BCUT2D eigenvalue weighted by Crippen LogP contribution is -2.36. The highest BCUT2D eigenvalue weighted by Crippen LogP contribution is 2.14. The maximum atomic E-state index is 13.5. The van der Waals surface area contributed by atoms with E-state index in [9.17, 15) is 14.0 Å². The molecule has 7 nitrogen and oxygen atoms in total. The molecule has 1 saturated heterocycles. The van der Waals surface area contributed by atoms with Crippen LogP contribution in [-0.2, 0) is 9.53 Å². The van der Waals surface area contributed by atoms with Crippen LogP contribution in [0.15, 0.2) is 53.5 Å². The Labute approximate surface area is 168 Å². The highest BCUT2D eigenvalue weighted by Gasteiger charge is 2.16. The third-order valence-corrected chi connectivity index (χ3v) is 4.24. The molecule has 1 aliphatic rings. The summed E-state index contributed by atoms with van der Waals surface area (Å²) in [5.41, 5.74) is 1.33. The van der Waals surface area contributed by atoms with Gasteiger partial charge in [-0.25, -0.2) is 9.38 Å². The van der Waals surface area contributed by atoms with Crippen LogP contribution >= 0.6 is 0 Å². The minimum atomic E-state index is -0.410. The van der Waals surface area contributed by atoms with Gasteiger partial charge < -0.3 is 15.4 Å². The molecule has 3 rings (SSSR count). The van der Waals surface area contributed by atoms with Gasteiger partial charge in [0.05, 0.1) is 12.6 Å². The van der Waals surface area contributed by atoms with Crippen LogP contribution in [0, 0.1) is 5.82 Å². The number of benzene rings is 2.